The van der Waals surface area contributed by atoms with E-state index in [1.54, 1.807) is 6.20 Å². The molecule has 1 aromatic rings. The second-order valence-corrected chi connectivity index (χ2v) is 2.53. The molecule has 3 heteroatoms. The maximum atomic E-state index is 5.78. The van der Waals surface area contributed by atoms with Crippen LogP contribution in [0.25, 0.3) is 0 Å². The number of fused-ring (bicyclic) bond motifs is 1. The molecule has 1 aliphatic heterocycles. The van der Waals surface area contributed by atoms with Gasteiger partial charge in [0.1, 0.15) is 10.9 Å². The maximum absolute atomic E-state index is 5.78. The number of rotatable bonds is 0. The highest BCUT2D eigenvalue weighted by Crippen LogP contribution is 2.28. The molecular formula is C7H6ClNO. The van der Waals surface area contributed by atoms with Gasteiger partial charge in [-0.1, -0.05) is 11.6 Å². The van der Waals surface area contributed by atoms with Crippen molar-refractivity contribution in [1.82, 2.24) is 4.98 Å². The number of pyridine rings is 1. The van der Waals surface area contributed by atoms with Gasteiger partial charge in [0.25, 0.3) is 0 Å². The third-order valence-electron chi connectivity index (χ3n) is 1.57. The Morgan fingerprint density at radius 1 is 1.60 bits per heavy atom. The number of hydrogen-bond donors (Lipinski definition) is 0. The minimum absolute atomic E-state index is 0.579. The molecule has 0 spiro atoms. The summed E-state index contributed by atoms with van der Waals surface area (Å²) in [4.78, 5) is 3.94. The van der Waals surface area contributed by atoms with E-state index < -0.39 is 0 Å². The van der Waals surface area contributed by atoms with Crippen molar-refractivity contribution in [2.45, 2.75) is 6.42 Å². The first-order valence-corrected chi connectivity index (χ1v) is 3.52. The Bertz CT molecular complexity index is 262. The van der Waals surface area contributed by atoms with Crippen LogP contribution in [0.5, 0.6) is 5.75 Å². The molecular weight excluding hydrogens is 150 g/mol. The standard InChI is InChI=1S/C7H6ClNO/c8-7-5-2-4-10-6(5)1-3-9-7/h1,3H,2,4H2. The summed E-state index contributed by atoms with van der Waals surface area (Å²) in [5, 5.41) is 0.579. The van der Waals surface area contributed by atoms with Gasteiger partial charge in [0, 0.05) is 18.2 Å². The van der Waals surface area contributed by atoms with E-state index in [0.717, 1.165) is 24.3 Å². The number of aromatic nitrogens is 1. The summed E-state index contributed by atoms with van der Waals surface area (Å²) in [6.07, 6.45) is 2.55. The van der Waals surface area contributed by atoms with Crippen molar-refractivity contribution < 1.29 is 4.74 Å². The van der Waals surface area contributed by atoms with E-state index in [9.17, 15) is 0 Å². The summed E-state index contributed by atoms with van der Waals surface area (Å²) >= 11 is 5.78. The van der Waals surface area contributed by atoms with Crippen LogP contribution in [0, 0.1) is 0 Å². The van der Waals surface area contributed by atoms with E-state index in [4.69, 9.17) is 16.3 Å². The molecule has 0 aliphatic carbocycles. The highest BCUT2D eigenvalue weighted by atomic mass is 35.5. The van der Waals surface area contributed by atoms with Crippen LogP contribution in [0.15, 0.2) is 12.3 Å². The van der Waals surface area contributed by atoms with Gasteiger partial charge in [-0.25, -0.2) is 4.98 Å². The molecule has 0 N–H and O–H groups in total. The molecule has 1 aliphatic rings. The fraction of sp³-hybridized carbons (Fsp3) is 0.286. The van der Waals surface area contributed by atoms with E-state index in [1.807, 2.05) is 6.07 Å². The molecule has 1 aromatic heterocycles. The summed E-state index contributed by atoms with van der Waals surface area (Å²) in [6, 6.07) is 1.84. The van der Waals surface area contributed by atoms with Gasteiger partial charge in [0.05, 0.1) is 6.61 Å². The van der Waals surface area contributed by atoms with Crippen LogP contribution < -0.4 is 4.74 Å². The molecule has 10 heavy (non-hydrogen) atoms. The van der Waals surface area contributed by atoms with E-state index in [-0.39, 0.29) is 0 Å². The van der Waals surface area contributed by atoms with Crippen LogP contribution in [0.1, 0.15) is 5.56 Å². The van der Waals surface area contributed by atoms with Crippen molar-refractivity contribution in [2.75, 3.05) is 6.61 Å². The van der Waals surface area contributed by atoms with Crippen molar-refractivity contribution in [3.63, 3.8) is 0 Å². The first kappa shape index (κ1) is 5.98. The lowest BCUT2D eigenvalue weighted by Gasteiger charge is -1.96. The number of halogens is 1. The fourth-order valence-corrected chi connectivity index (χ4v) is 1.32. The van der Waals surface area contributed by atoms with Crippen molar-refractivity contribution >= 4 is 11.6 Å². The second kappa shape index (κ2) is 2.13. The highest BCUT2D eigenvalue weighted by Gasteiger charge is 2.14. The zero-order valence-corrected chi connectivity index (χ0v) is 6.06. The highest BCUT2D eigenvalue weighted by molar-refractivity contribution is 6.30. The molecule has 0 saturated heterocycles. The summed E-state index contributed by atoms with van der Waals surface area (Å²) in [6.45, 7) is 0.737. The van der Waals surface area contributed by atoms with Crippen LogP contribution in [0.4, 0.5) is 0 Å². The minimum atomic E-state index is 0.579. The normalized spacial score (nSPS) is 14.5. The zero-order chi connectivity index (χ0) is 6.97. The quantitative estimate of drug-likeness (QED) is 0.532. The van der Waals surface area contributed by atoms with Gasteiger partial charge < -0.3 is 4.74 Å². The van der Waals surface area contributed by atoms with Gasteiger partial charge in [-0.05, 0) is 6.07 Å². The predicted octanol–water partition coefficient (Wildman–Crippen LogP) is 1.67. The van der Waals surface area contributed by atoms with E-state index in [1.165, 1.54) is 0 Å². The lowest BCUT2D eigenvalue weighted by Crippen LogP contribution is -1.85. The SMILES string of the molecule is Clc1nccc2c1CCO2. The third kappa shape index (κ3) is 0.762. The fourth-order valence-electron chi connectivity index (χ4n) is 1.08. The molecule has 2 heterocycles. The molecule has 0 saturated carbocycles. The number of hydrogen-bond acceptors (Lipinski definition) is 2. The Labute approximate surface area is 63.8 Å². The molecule has 0 unspecified atom stereocenters. The lowest BCUT2D eigenvalue weighted by molar-refractivity contribution is 0.356. The summed E-state index contributed by atoms with van der Waals surface area (Å²) in [7, 11) is 0. The van der Waals surface area contributed by atoms with E-state index in [2.05, 4.69) is 4.98 Å². The largest absolute Gasteiger partial charge is 0.493 e. The maximum Gasteiger partial charge on any atom is 0.136 e. The topological polar surface area (TPSA) is 22.1 Å². The molecule has 2 rings (SSSR count). The van der Waals surface area contributed by atoms with Gasteiger partial charge in [-0.2, -0.15) is 0 Å². The molecule has 0 fully saturated rings. The monoisotopic (exact) mass is 155 g/mol. The van der Waals surface area contributed by atoms with Crippen LogP contribution in [0.3, 0.4) is 0 Å². The molecule has 0 aromatic carbocycles. The Morgan fingerprint density at radius 2 is 2.50 bits per heavy atom. The predicted molar refractivity (Wildman–Crippen MR) is 38.4 cm³/mol. The van der Waals surface area contributed by atoms with Crippen LogP contribution >= 0.6 is 11.6 Å². The molecule has 0 bridgehead atoms. The van der Waals surface area contributed by atoms with E-state index >= 15 is 0 Å². The average molecular weight is 156 g/mol. The average Bonchev–Trinajstić information content (AvgIpc) is 2.36. The van der Waals surface area contributed by atoms with Crippen molar-refractivity contribution in [3.05, 3.63) is 23.0 Å². The summed E-state index contributed by atoms with van der Waals surface area (Å²) < 4.78 is 5.25. The van der Waals surface area contributed by atoms with Crippen molar-refractivity contribution in [2.24, 2.45) is 0 Å². The van der Waals surface area contributed by atoms with Gasteiger partial charge in [0.15, 0.2) is 0 Å². The molecule has 2 nitrogen and oxygen atoms in total. The molecule has 0 radical (unpaired) electrons. The summed E-state index contributed by atoms with van der Waals surface area (Å²) in [5.74, 6) is 0.889. The molecule has 0 amide bonds. The zero-order valence-electron chi connectivity index (χ0n) is 5.30. The number of nitrogens with zero attached hydrogens (tertiary/aromatic N) is 1. The van der Waals surface area contributed by atoms with Gasteiger partial charge >= 0.3 is 0 Å². The molecule has 0 atom stereocenters. The third-order valence-corrected chi connectivity index (χ3v) is 1.90. The first-order valence-electron chi connectivity index (χ1n) is 3.14. The molecule has 52 valence electrons. The van der Waals surface area contributed by atoms with Crippen LogP contribution in [-0.4, -0.2) is 11.6 Å². The Balaban J connectivity index is 2.59. The summed E-state index contributed by atoms with van der Waals surface area (Å²) in [5.41, 5.74) is 1.05. The van der Waals surface area contributed by atoms with Crippen LogP contribution in [-0.2, 0) is 6.42 Å². The van der Waals surface area contributed by atoms with E-state index in [0.29, 0.717) is 5.15 Å². The smallest absolute Gasteiger partial charge is 0.136 e. The van der Waals surface area contributed by atoms with Gasteiger partial charge in [-0.3, -0.25) is 0 Å². The van der Waals surface area contributed by atoms with Crippen molar-refractivity contribution in [1.29, 1.82) is 0 Å². The Kier molecular flexibility index (Phi) is 1.27. The first-order chi connectivity index (χ1) is 4.88. The van der Waals surface area contributed by atoms with Gasteiger partial charge in [-0.15, -0.1) is 0 Å². The van der Waals surface area contributed by atoms with Crippen LogP contribution in [0.2, 0.25) is 5.15 Å². The Hall–Kier alpha value is -0.760. The minimum Gasteiger partial charge on any atom is -0.493 e. The van der Waals surface area contributed by atoms with Gasteiger partial charge in [0.2, 0.25) is 0 Å². The lowest BCUT2D eigenvalue weighted by atomic mass is 10.2. The van der Waals surface area contributed by atoms with Crippen molar-refractivity contribution in [3.8, 4) is 5.75 Å². The second-order valence-electron chi connectivity index (χ2n) is 2.18. The Morgan fingerprint density at radius 3 is 3.30 bits per heavy atom. The number of ether oxygens (including phenoxy) is 1.